The van der Waals surface area contributed by atoms with Gasteiger partial charge in [-0.05, 0) is 62.6 Å². The summed E-state index contributed by atoms with van der Waals surface area (Å²) in [5.41, 5.74) is 1.46. The molecule has 154 valence electrons. The van der Waals surface area contributed by atoms with Crippen LogP contribution in [0.1, 0.15) is 53.3 Å². The molecule has 29 heavy (non-hydrogen) atoms. The Balaban J connectivity index is 1.54. The molecule has 0 aromatic heterocycles. The van der Waals surface area contributed by atoms with Crippen LogP contribution < -0.4 is 15.5 Å². The quantitative estimate of drug-likeness (QED) is 0.609. The largest absolute Gasteiger partial charge is 0.352 e. The molecular weight excluding hydrogens is 386 g/mol. The van der Waals surface area contributed by atoms with Gasteiger partial charge in [0, 0.05) is 23.6 Å². The summed E-state index contributed by atoms with van der Waals surface area (Å²) in [7, 11) is 0. The third-order valence-electron chi connectivity index (χ3n) is 5.57. The maximum Gasteiger partial charge on any atom is 0.255 e. The number of piperidine rings is 1. The zero-order valence-corrected chi connectivity index (χ0v) is 17.6. The topological polar surface area (TPSA) is 62.6 Å². The van der Waals surface area contributed by atoms with Gasteiger partial charge in [-0.2, -0.15) is 0 Å². The van der Waals surface area contributed by atoms with E-state index in [9.17, 15) is 9.59 Å². The number of halogens is 1. The summed E-state index contributed by atoms with van der Waals surface area (Å²) in [6.07, 6.45) is 4.87. The van der Waals surface area contributed by atoms with Crippen LogP contribution in [0.3, 0.4) is 0 Å². The number of amides is 2. The minimum absolute atomic E-state index is 0.168. The molecule has 3 N–H and O–H groups in total. The van der Waals surface area contributed by atoms with Crippen molar-refractivity contribution in [2.24, 2.45) is 0 Å². The first-order chi connectivity index (χ1) is 14.0. The number of benzene rings is 2. The van der Waals surface area contributed by atoms with Gasteiger partial charge < -0.3 is 15.5 Å². The predicted molar refractivity (Wildman–Crippen MR) is 117 cm³/mol. The van der Waals surface area contributed by atoms with Gasteiger partial charge in [0.25, 0.3) is 11.8 Å². The fraction of sp³-hybridized carbons (Fsp3) is 0.391. The van der Waals surface area contributed by atoms with Crippen LogP contribution in [0.4, 0.5) is 5.69 Å². The van der Waals surface area contributed by atoms with E-state index < -0.39 is 0 Å². The Morgan fingerprint density at radius 3 is 2.59 bits per heavy atom. The molecule has 1 fully saturated rings. The first-order valence-corrected chi connectivity index (χ1v) is 10.7. The lowest BCUT2D eigenvalue weighted by Crippen LogP contribution is -3.16. The monoisotopic (exact) mass is 414 g/mol. The maximum absolute atomic E-state index is 12.7. The van der Waals surface area contributed by atoms with Crippen LogP contribution in [0.2, 0.25) is 5.02 Å². The molecule has 2 amide bonds. The van der Waals surface area contributed by atoms with Crippen molar-refractivity contribution < 1.29 is 14.5 Å². The van der Waals surface area contributed by atoms with Crippen LogP contribution in [-0.4, -0.2) is 37.5 Å². The van der Waals surface area contributed by atoms with Crippen LogP contribution in [0.5, 0.6) is 0 Å². The molecule has 0 saturated carbocycles. The van der Waals surface area contributed by atoms with Crippen molar-refractivity contribution in [2.45, 2.75) is 38.6 Å². The average molecular weight is 415 g/mol. The van der Waals surface area contributed by atoms with Gasteiger partial charge in [-0.3, -0.25) is 9.59 Å². The lowest BCUT2D eigenvalue weighted by atomic mass is 10.0. The molecule has 2 atom stereocenters. The Morgan fingerprint density at radius 1 is 1.07 bits per heavy atom. The van der Waals surface area contributed by atoms with Crippen molar-refractivity contribution >= 4 is 29.1 Å². The van der Waals surface area contributed by atoms with Gasteiger partial charge in [-0.1, -0.05) is 23.7 Å². The average Bonchev–Trinajstić information content (AvgIpc) is 2.73. The third-order valence-corrected chi connectivity index (χ3v) is 5.82. The molecule has 3 rings (SSSR count). The van der Waals surface area contributed by atoms with Crippen molar-refractivity contribution in [1.29, 1.82) is 0 Å². The summed E-state index contributed by atoms with van der Waals surface area (Å²) in [5.74, 6) is -0.441. The number of nitrogens with one attached hydrogen (secondary N) is 3. The van der Waals surface area contributed by atoms with E-state index >= 15 is 0 Å². The Labute approximate surface area is 177 Å². The molecule has 0 spiro atoms. The summed E-state index contributed by atoms with van der Waals surface area (Å²) in [4.78, 5) is 26.8. The fourth-order valence-electron chi connectivity index (χ4n) is 3.82. The number of rotatable bonds is 7. The highest BCUT2D eigenvalue weighted by molar-refractivity contribution is 6.30. The number of para-hydroxylation sites is 1. The molecule has 5 nitrogen and oxygen atoms in total. The number of carbonyl (C=O) groups excluding carboxylic acids is 2. The molecule has 1 aliphatic rings. The third kappa shape index (κ3) is 6.05. The first-order valence-electron chi connectivity index (χ1n) is 10.3. The van der Waals surface area contributed by atoms with Gasteiger partial charge in [0.15, 0.2) is 0 Å². The van der Waals surface area contributed by atoms with Crippen LogP contribution in [0, 0.1) is 0 Å². The normalized spacial score (nSPS) is 18.8. The Morgan fingerprint density at radius 2 is 1.83 bits per heavy atom. The summed E-state index contributed by atoms with van der Waals surface area (Å²) >= 11 is 5.88. The molecule has 0 radical (unpaired) electrons. The number of anilines is 1. The second-order valence-electron chi connectivity index (χ2n) is 7.67. The van der Waals surface area contributed by atoms with E-state index in [1.165, 1.54) is 25.8 Å². The number of quaternary nitrogens is 1. The van der Waals surface area contributed by atoms with Crippen molar-refractivity contribution in [3.63, 3.8) is 0 Å². The van der Waals surface area contributed by atoms with Gasteiger partial charge in [0.05, 0.1) is 30.4 Å². The molecule has 2 aromatic rings. The van der Waals surface area contributed by atoms with Crippen molar-refractivity contribution in [1.82, 2.24) is 5.32 Å². The van der Waals surface area contributed by atoms with Crippen LogP contribution in [-0.2, 0) is 0 Å². The van der Waals surface area contributed by atoms with Crippen LogP contribution >= 0.6 is 11.6 Å². The zero-order valence-electron chi connectivity index (χ0n) is 16.8. The van der Waals surface area contributed by atoms with Crippen LogP contribution in [0.25, 0.3) is 0 Å². The zero-order chi connectivity index (χ0) is 20.6. The SMILES string of the molecule is C[C@@H]1CCCC[NH+]1CCCNC(=O)c1ccccc1NC(=O)c1ccc(Cl)cc1. The Hall–Kier alpha value is -2.37. The molecule has 6 heteroatoms. The van der Waals surface area contributed by atoms with E-state index in [1.807, 2.05) is 0 Å². The van der Waals surface area contributed by atoms with E-state index in [2.05, 4.69) is 17.6 Å². The highest BCUT2D eigenvalue weighted by Crippen LogP contribution is 2.17. The summed E-state index contributed by atoms with van der Waals surface area (Å²) in [6, 6.07) is 14.4. The van der Waals surface area contributed by atoms with Gasteiger partial charge in [0.1, 0.15) is 0 Å². The van der Waals surface area contributed by atoms with Gasteiger partial charge in [0.2, 0.25) is 0 Å². The van der Waals surface area contributed by atoms with Crippen molar-refractivity contribution in [3.8, 4) is 0 Å². The molecule has 0 bridgehead atoms. The maximum atomic E-state index is 12.7. The van der Waals surface area contributed by atoms with Crippen molar-refractivity contribution in [2.75, 3.05) is 25.0 Å². The summed E-state index contributed by atoms with van der Waals surface area (Å²) in [5, 5.41) is 6.39. The lowest BCUT2D eigenvalue weighted by Gasteiger charge is -2.30. The minimum Gasteiger partial charge on any atom is -0.352 e. The van der Waals surface area contributed by atoms with Gasteiger partial charge in [-0.25, -0.2) is 0 Å². The number of likely N-dealkylation sites (tertiary alicyclic amines) is 1. The fourth-order valence-corrected chi connectivity index (χ4v) is 3.95. The standard InChI is InChI=1S/C23H28ClN3O2/c1-17-7-4-5-15-27(17)16-6-14-25-23(29)20-8-2-3-9-21(20)26-22(28)18-10-12-19(24)13-11-18/h2-3,8-13,17H,4-7,14-16H2,1H3,(H,25,29)(H,26,28)/p+1/t17-/m1/s1. The summed E-state index contributed by atoms with van der Waals surface area (Å²) in [6.45, 7) is 5.26. The number of hydrogen-bond acceptors (Lipinski definition) is 2. The molecule has 1 heterocycles. The molecule has 2 aromatic carbocycles. The smallest absolute Gasteiger partial charge is 0.255 e. The second-order valence-corrected chi connectivity index (χ2v) is 8.11. The van der Waals surface area contributed by atoms with E-state index in [4.69, 9.17) is 11.6 Å². The predicted octanol–water partition coefficient (Wildman–Crippen LogP) is 3.17. The highest BCUT2D eigenvalue weighted by Gasteiger charge is 2.21. The van der Waals surface area contributed by atoms with E-state index in [1.54, 1.807) is 53.4 Å². The lowest BCUT2D eigenvalue weighted by molar-refractivity contribution is -0.928. The molecule has 0 aliphatic carbocycles. The molecule has 1 saturated heterocycles. The molecular formula is C23H29ClN3O2+. The number of carbonyl (C=O) groups is 2. The molecule has 1 unspecified atom stereocenters. The van der Waals surface area contributed by atoms with Gasteiger partial charge in [-0.15, -0.1) is 0 Å². The second kappa shape index (κ2) is 10.4. The van der Waals surface area contributed by atoms with Crippen LogP contribution in [0.15, 0.2) is 48.5 Å². The Kier molecular flexibility index (Phi) is 7.67. The van der Waals surface area contributed by atoms with E-state index in [0.29, 0.717) is 34.4 Å². The minimum atomic E-state index is -0.274. The first kappa shape index (κ1) is 21.3. The molecule has 1 aliphatic heterocycles. The summed E-state index contributed by atoms with van der Waals surface area (Å²) < 4.78 is 0. The van der Waals surface area contributed by atoms with Crippen molar-refractivity contribution in [3.05, 3.63) is 64.7 Å². The van der Waals surface area contributed by atoms with E-state index in [-0.39, 0.29) is 11.8 Å². The Bertz CT molecular complexity index is 838. The van der Waals surface area contributed by atoms with Gasteiger partial charge >= 0.3 is 0 Å². The number of hydrogen-bond donors (Lipinski definition) is 3. The van der Waals surface area contributed by atoms with E-state index in [0.717, 1.165) is 13.0 Å². The highest BCUT2D eigenvalue weighted by atomic mass is 35.5.